The van der Waals surface area contributed by atoms with E-state index in [9.17, 15) is 8.42 Å². The minimum absolute atomic E-state index is 0.00309. The lowest BCUT2D eigenvalue weighted by molar-refractivity contribution is 0.0757. The van der Waals surface area contributed by atoms with Gasteiger partial charge < -0.3 is 9.57 Å². The van der Waals surface area contributed by atoms with E-state index in [1.165, 1.54) is 6.26 Å². The molecule has 1 aromatic heterocycles. The predicted octanol–water partition coefficient (Wildman–Crippen LogP) is 0.170. The van der Waals surface area contributed by atoms with E-state index in [0.717, 1.165) is 17.8 Å². The number of hydrogen-bond donors (Lipinski definition) is 0. The maximum absolute atomic E-state index is 11.3. The number of hydrogen-bond acceptors (Lipinski definition) is 7. The van der Waals surface area contributed by atoms with Crippen LogP contribution in [0.5, 0.6) is 5.88 Å². The second-order valence-electron chi connectivity index (χ2n) is 5.71. The first-order chi connectivity index (χ1) is 10.5. The van der Waals surface area contributed by atoms with Crippen LogP contribution in [-0.4, -0.2) is 68.9 Å². The topological polar surface area (TPSA) is 81.1 Å². The van der Waals surface area contributed by atoms with E-state index < -0.39 is 9.84 Å². The summed E-state index contributed by atoms with van der Waals surface area (Å²) in [6, 6.07) is 3.71. The Bertz CT molecular complexity index is 672. The van der Waals surface area contributed by atoms with Crippen molar-refractivity contribution in [3.8, 4) is 5.88 Å². The fraction of sp³-hybridized carbons (Fsp3) is 0.571. The Morgan fingerprint density at radius 1 is 1.41 bits per heavy atom. The number of sulfone groups is 1. The molecule has 1 saturated heterocycles. The van der Waals surface area contributed by atoms with Gasteiger partial charge in [0.2, 0.25) is 5.88 Å². The summed E-state index contributed by atoms with van der Waals surface area (Å²) in [5.41, 5.74) is 1.79. The molecule has 120 valence electrons. The van der Waals surface area contributed by atoms with Crippen LogP contribution in [0.15, 0.2) is 23.5 Å². The zero-order valence-corrected chi connectivity index (χ0v) is 13.4. The monoisotopic (exact) mass is 325 g/mol. The van der Waals surface area contributed by atoms with Crippen molar-refractivity contribution >= 4 is 15.5 Å². The minimum Gasteiger partial charge on any atom is -0.481 e. The third-order valence-electron chi connectivity index (χ3n) is 4.00. The number of fused-ring (bicyclic) bond motifs is 1. The second-order valence-corrected chi connectivity index (χ2v) is 7.97. The summed E-state index contributed by atoms with van der Waals surface area (Å²) >= 11 is 0. The van der Waals surface area contributed by atoms with Crippen LogP contribution < -0.4 is 4.74 Å². The predicted molar refractivity (Wildman–Crippen MR) is 81.8 cm³/mol. The van der Waals surface area contributed by atoms with E-state index in [1.807, 2.05) is 6.07 Å². The molecule has 3 heterocycles. The summed E-state index contributed by atoms with van der Waals surface area (Å²) in [7, 11) is -1.37. The van der Waals surface area contributed by atoms with Crippen LogP contribution in [0.25, 0.3) is 0 Å². The first-order valence-electron chi connectivity index (χ1n) is 7.10. The molecule has 0 bridgehead atoms. The maximum atomic E-state index is 11.3. The Hall–Kier alpha value is -1.67. The van der Waals surface area contributed by atoms with Crippen LogP contribution in [0.1, 0.15) is 5.56 Å². The molecule has 0 N–H and O–H groups in total. The van der Waals surface area contributed by atoms with Crippen LogP contribution in [0.4, 0.5) is 0 Å². The quantitative estimate of drug-likeness (QED) is 0.768. The highest BCUT2D eigenvalue weighted by molar-refractivity contribution is 7.90. The van der Waals surface area contributed by atoms with Crippen molar-refractivity contribution in [2.24, 2.45) is 11.1 Å². The van der Waals surface area contributed by atoms with Crippen molar-refractivity contribution in [2.45, 2.75) is 6.10 Å². The van der Waals surface area contributed by atoms with E-state index in [2.05, 4.69) is 15.0 Å². The van der Waals surface area contributed by atoms with Crippen LogP contribution in [0, 0.1) is 5.92 Å². The zero-order chi connectivity index (χ0) is 15.7. The van der Waals surface area contributed by atoms with Gasteiger partial charge >= 0.3 is 0 Å². The molecule has 8 heteroatoms. The summed E-state index contributed by atoms with van der Waals surface area (Å²) in [5.74, 6) is 0.888. The fourth-order valence-corrected chi connectivity index (χ4v) is 3.40. The molecule has 0 aliphatic carbocycles. The molecule has 0 radical (unpaired) electrons. The lowest BCUT2D eigenvalue weighted by atomic mass is 9.96. The molecule has 3 rings (SSSR count). The van der Waals surface area contributed by atoms with Crippen molar-refractivity contribution in [2.75, 3.05) is 38.8 Å². The zero-order valence-electron chi connectivity index (χ0n) is 12.6. The summed E-state index contributed by atoms with van der Waals surface area (Å²) < 4.78 is 27.6. The molecule has 2 aliphatic rings. The molecule has 1 aromatic rings. The van der Waals surface area contributed by atoms with Gasteiger partial charge in [-0.05, 0) is 6.07 Å². The molecule has 7 nitrogen and oxygen atoms in total. The highest BCUT2D eigenvalue weighted by Crippen LogP contribution is 2.30. The second kappa shape index (κ2) is 5.85. The van der Waals surface area contributed by atoms with Gasteiger partial charge in [0.1, 0.15) is 15.9 Å². The Balaban J connectivity index is 1.67. The average Bonchev–Trinajstić information content (AvgIpc) is 3.04. The standard InChI is InChI=1S/C14H19N3O4S/c1-20-13-4-3-10(7-15-13)14-11-8-17(5-6-22(2,18)19)9-12(11)21-16-14/h3-4,7,11-12H,5-6,8-9H2,1-2H3. The van der Waals surface area contributed by atoms with Gasteiger partial charge in [-0.3, -0.25) is 4.90 Å². The summed E-state index contributed by atoms with van der Waals surface area (Å²) in [5, 5.41) is 4.18. The van der Waals surface area contributed by atoms with Gasteiger partial charge in [0, 0.05) is 43.7 Å². The van der Waals surface area contributed by atoms with Gasteiger partial charge in [-0.2, -0.15) is 0 Å². The lowest BCUT2D eigenvalue weighted by Crippen LogP contribution is -2.28. The number of likely N-dealkylation sites (tertiary alicyclic amines) is 1. The smallest absolute Gasteiger partial charge is 0.212 e. The number of oxime groups is 1. The molecule has 0 aromatic carbocycles. The number of ether oxygens (including phenoxy) is 1. The van der Waals surface area contributed by atoms with E-state index in [-0.39, 0.29) is 17.8 Å². The van der Waals surface area contributed by atoms with E-state index in [0.29, 0.717) is 19.0 Å². The van der Waals surface area contributed by atoms with Crippen molar-refractivity contribution in [1.82, 2.24) is 9.88 Å². The molecule has 2 unspecified atom stereocenters. The Morgan fingerprint density at radius 3 is 2.86 bits per heavy atom. The van der Waals surface area contributed by atoms with Gasteiger partial charge in [-0.25, -0.2) is 13.4 Å². The van der Waals surface area contributed by atoms with Crippen LogP contribution in [-0.2, 0) is 14.7 Å². The van der Waals surface area contributed by atoms with Gasteiger partial charge in [-0.15, -0.1) is 0 Å². The third kappa shape index (κ3) is 3.22. The molecular weight excluding hydrogens is 306 g/mol. The van der Waals surface area contributed by atoms with E-state index in [1.54, 1.807) is 19.4 Å². The number of aromatic nitrogens is 1. The number of pyridine rings is 1. The van der Waals surface area contributed by atoms with Crippen molar-refractivity contribution < 1.29 is 18.0 Å². The number of rotatable bonds is 5. The SMILES string of the molecule is COc1ccc(C2=NOC3CN(CCS(C)(=O)=O)CC23)cn1. The van der Waals surface area contributed by atoms with E-state index in [4.69, 9.17) is 9.57 Å². The number of nitrogens with zero attached hydrogens (tertiary/aromatic N) is 3. The molecule has 2 atom stereocenters. The number of methoxy groups -OCH3 is 1. The molecule has 0 saturated carbocycles. The van der Waals surface area contributed by atoms with Crippen molar-refractivity contribution in [1.29, 1.82) is 0 Å². The first kappa shape index (κ1) is 15.2. The molecule has 1 fully saturated rings. The largest absolute Gasteiger partial charge is 0.481 e. The van der Waals surface area contributed by atoms with Crippen molar-refractivity contribution in [3.05, 3.63) is 23.9 Å². The minimum atomic E-state index is -2.95. The lowest BCUT2D eigenvalue weighted by Gasteiger charge is -2.15. The Morgan fingerprint density at radius 2 is 2.23 bits per heavy atom. The molecule has 0 amide bonds. The molecule has 22 heavy (non-hydrogen) atoms. The highest BCUT2D eigenvalue weighted by atomic mass is 32.2. The summed E-state index contributed by atoms with van der Waals surface area (Å²) in [6.07, 6.45) is 2.98. The summed E-state index contributed by atoms with van der Waals surface area (Å²) in [4.78, 5) is 11.8. The Labute approximate surface area is 129 Å². The van der Waals surface area contributed by atoms with E-state index >= 15 is 0 Å². The normalized spacial score (nSPS) is 24.7. The Kier molecular flexibility index (Phi) is 4.05. The average molecular weight is 325 g/mol. The van der Waals surface area contributed by atoms with Crippen LogP contribution >= 0.6 is 0 Å². The van der Waals surface area contributed by atoms with Gasteiger partial charge in [0.15, 0.2) is 0 Å². The van der Waals surface area contributed by atoms with Crippen LogP contribution in [0.2, 0.25) is 0 Å². The highest BCUT2D eigenvalue weighted by Gasteiger charge is 2.42. The van der Waals surface area contributed by atoms with Crippen molar-refractivity contribution in [3.63, 3.8) is 0 Å². The van der Waals surface area contributed by atoms with Crippen LogP contribution in [0.3, 0.4) is 0 Å². The molecular formula is C14H19N3O4S. The van der Waals surface area contributed by atoms with Gasteiger partial charge in [0.25, 0.3) is 0 Å². The summed E-state index contributed by atoms with van der Waals surface area (Å²) in [6.45, 7) is 1.99. The molecule has 2 aliphatic heterocycles. The first-order valence-corrected chi connectivity index (χ1v) is 9.16. The molecule has 0 spiro atoms. The van der Waals surface area contributed by atoms with Gasteiger partial charge in [0.05, 0.1) is 24.5 Å². The fourth-order valence-electron chi connectivity index (χ4n) is 2.81. The maximum Gasteiger partial charge on any atom is 0.212 e. The van der Waals surface area contributed by atoms with Gasteiger partial charge in [-0.1, -0.05) is 5.16 Å². The third-order valence-corrected chi connectivity index (χ3v) is 4.92.